The van der Waals surface area contributed by atoms with Gasteiger partial charge in [0.1, 0.15) is 11.8 Å². The van der Waals surface area contributed by atoms with Crippen molar-refractivity contribution < 1.29 is 9.21 Å². The van der Waals surface area contributed by atoms with Gasteiger partial charge in [-0.1, -0.05) is 12.1 Å². The average Bonchev–Trinajstić information content (AvgIpc) is 2.62. The molecule has 1 N–H and O–H groups in total. The van der Waals surface area contributed by atoms with E-state index in [4.69, 9.17) is 9.68 Å². The molecule has 1 aromatic carbocycles. The zero-order valence-corrected chi connectivity index (χ0v) is 7.15. The Morgan fingerprint density at radius 2 is 2.21 bits per heavy atom. The number of nitrogens with one attached hydrogen (secondary N) is 1. The summed E-state index contributed by atoms with van der Waals surface area (Å²) >= 11 is 0. The summed E-state index contributed by atoms with van der Waals surface area (Å²) in [4.78, 5) is 10.8. The molecule has 0 aliphatic rings. The molecule has 68 valence electrons. The number of rotatable bonds is 1. The maximum atomic E-state index is 10.8. The summed E-state index contributed by atoms with van der Waals surface area (Å²) in [5.74, 6) is -0.698. The van der Waals surface area contributed by atoms with Gasteiger partial charge in [-0.2, -0.15) is 5.26 Å². The van der Waals surface area contributed by atoms with Gasteiger partial charge in [-0.25, -0.2) is 0 Å². The molecule has 0 unspecified atom stereocenters. The zero-order valence-electron chi connectivity index (χ0n) is 7.15. The predicted molar refractivity (Wildman–Crippen MR) is 50.5 cm³/mol. The van der Waals surface area contributed by atoms with Crippen LogP contribution in [0.3, 0.4) is 0 Å². The van der Waals surface area contributed by atoms with Crippen molar-refractivity contribution in [3.8, 4) is 6.07 Å². The SMILES string of the molecule is N#CC(=O)Nc1coc2ccccc12. The van der Waals surface area contributed by atoms with Gasteiger partial charge in [0.25, 0.3) is 0 Å². The van der Waals surface area contributed by atoms with E-state index in [1.807, 2.05) is 18.2 Å². The van der Waals surface area contributed by atoms with Crippen molar-refractivity contribution in [1.29, 1.82) is 5.26 Å². The van der Waals surface area contributed by atoms with Gasteiger partial charge in [0.15, 0.2) is 6.07 Å². The first-order chi connectivity index (χ1) is 6.81. The first-order valence-electron chi connectivity index (χ1n) is 3.98. The molecule has 4 nitrogen and oxygen atoms in total. The van der Waals surface area contributed by atoms with E-state index in [1.165, 1.54) is 12.3 Å². The lowest BCUT2D eigenvalue weighted by Gasteiger charge is -1.94. The molecule has 0 spiro atoms. The minimum atomic E-state index is -0.698. The predicted octanol–water partition coefficient (Wildman–Crippen LogP) is 1.89. The number of carbonyl (C=O) groups excluding carboxylic acids is 1. The monoisotopic (exact) mass is 186 g/mol. The number of para-hydroxylation sites is 1. The van der Waals surface area contributed by atoms with Crippen molar-refractivity contribution in [3.05, 3.63) is 30.5 Å². The summed E-state index contributed by atoms with van der Waals surface area (Å²) in [6, 6.07) is 8.74. The Kier molecular flexibility index (Phi) is 1.92. The highest BCUT2D eigenvalue weighted by molar-refractivity contribution is 6.07. The number of anilines is 1. The molecule has 0 atom stereocenters. The Morgan fingerprint density at radius 1 is 1.43 bits per heavy atom. The fourth-order valence-corrected chi connectivity index (χ4v) is 1.22. The van der Waals surface area contributed by atoms with Crippen molar-refractivity contribution in [3.63, 3.8) is 0 Å². The number of furan rings is 1. The van der Waals surface area contributed by atoms with Crippen LogP contribution < -0.4 is 5.32 Å². The second-order valence-electron chi connectivity index (χ2n) is 2.71. The van der Waals surface area contributed by atoms with Crippen molar-refractivity contribution >= 4 is 22.6 Å². The molecular weight excluding hydrogens is 180 g/mol. The molecule has 14 heavy (non-hydrogen) atoms. The molecule has 0 bridgehead atoms. The first-order valence-corrected chi connectivity index (χ1v) is 3.98. The maximum absolute atomic E-state index is 10.8. The van der Waals surface area contributed by atoms with E-state index < -0.39 is 5.91 Å². The Balaban J connectivity index is 2.44. The van der Waals surface area contributed by atoms with Crippen LogP contribution in [0.2, 0.25) is 0 Å². The third-order valence-electron chi connectivity index (χ3n) is 1.83. The second kappa shape index (κ2) is 3.23. The van der Waals surface area contributed by atoms with Crippen LogP contribution in [-0.2, 0) is 4.79 Å². The number of nitrogens with zero attached hydrogens (tertiary/aromatic N) is 1. The van der Waals surface area contributed by atoms with E-state index in [1.54, 1.807) is 6.07 Å². The molecule has 0 aliphatic carbocycles. The topological polar surface area (TPSA) is 66.0 Å². The number of carbonyl (C=O) groups is 1. The van der Waals surface area contributed by atoms with Crippen LogP contribution in [0.4, 0.5) is 5.69 Å². The zero-order chi connectivity index (χ0) is 9.97. The molecule has 0 aliphatic heterocycles. The van der Waals surface area contributed by atoms with Crippen LogP contribution in [0.5, 0.6) is 0 Å². The third kappa shape index (κ3) is 1.31. The van der Waals surface area contributed by atoms with Gasteiger partial charge < -0.3 is 9.73 Å². The van der Waals surface area contributed by atoms with Crippen LogP contribution in [0.15, 0.2) is 34.9 Å². The van der Waals surface area contributed by atoms with Gasteiger partial charge in [0.2, 0.25) is 0 Å². The molecule has 1 aromatic heterocycles. The number of hydrogen-bond donors (Lipinski definition) is 1. The number of fused-ring (bicyclic) bond motifs is 1. The van der Waals surface area contributed by atoms with Crippen LogP contribution in [-0.4, -0.2) is 5.91 Å². The highest BCUT2D eigenvalue weighted by Gasteiger charge is 2.07. The van der Waals surface area contributed by atoms with E-state index >= 15 is 0 Å². The Morgan fingerprint density at radius 3 is 3.00 bits per heavy atom. The molecule has 2 aromatic rings. The van der Waals surface area contributed by atoms with E-state index in [0.29, 0.717) is 11.3 Å². The molecule has 1 heterocycles. The summed E-state index contributed by atoms with van der Waals surface area (Å²) in [6.07, 6.45) is 1.42. The van der Waals surface area contributed by atoms with Crippen molar-refractivity contribution in [2.75, 3.05) is 5.32 Å². The fourth-order valence-electron chi connectivity index (χ4n) is 1.22. The minimum absolute atomic E-state index is 0.521. The van der Waals surface area contributed by atoms with Gasteiger partial charge in [-0.15, -0.1) is 0 Å². The molecule has 0 fully saturated rings. The van der Waals surface area contributed by atoms with Crippen LogP contribution in [0.1, 0.15) is 0 Å². The second-order valence-corrected chi connectivity index (χ2v) is 2.71. The Hall–Kier alpha value is -2.28. The van der Waals surface area contributed by atoms with Crippen molar-refractivity contribution in [2.24, 2.45) is 0 Å². The molecule has 0 saturated carbocycles. The lowest BCUT2D eigenvalue weighted by Crippen LogP contribution is -2.07. The number of benzene rings is 1. The smallest absolute Gasteiger partial charge is 0.326 e. The van der Waals surface area contributed by atoms with Gasteiger partial charge in [0, 0.05) is 5.39 Å². The summed E-state index contributed by atoms with van der Waals surface area (Å²) in [5, 5.41) is 11.5. The van der Waals surface area contributed by atoms with E-state index in [9.17, 15) is 4.79 Å². The van der Waals surface area contributed by atoms with Gasteiger partial charge in [-0.3, -0.25) is 4.79 Å². The summed E-state index contributed by atoms with van der Waals surface area (Å²) in [6.45, 7) is 0. The quantitative estimate of drug-likeness (QED) is 0.691. The van der Waals surface area contributed by atoms with Crippen LogP contribution in [0.25, 0.3) is 11.0 Å². The van der Waals surface area contributed by atoms with Crippen LogP contribution >= 0.6 is 0 Å². The van der Waals surface area contributed by atoms with Gasteiger partial charge in [-0.05, 0) is 12.1 Å². The highest BCUT2D eigenvalue weighted by Crippen LogP contribution is 2.24. The van der Waals surface area contributed by atoms with Gasteiger partial charge in [0.05, 0.1) is 5.69 Å². The van der Waals surface area contributed by atoms with Crippen LogP contribution in [0, 0.1) is 11.3 Å². The molecular formula is C10H6N2O2. The normalized spacial score (nSPS) is 9.64. The van der Waals surface area contributed by atoms with Crippen molar-refractivity contribution in [2.45, 2.75) is 0 Å². The van der Waals surface area contributed by atoms with E-state index in [0.717, 1.165) is 5.39 Å². The highest BCUT2D eigenvalue weighted by atomic mass is 16.3. The molecule has 1 amide bonds. The fraction of sp³-hybridized carbons (Fsp3) is 0. The molecule has 0 radical (unpaired) electrons. The van der Waals surface area contributed by atoms with Crippen molar-refractivity contribution in [1.82, 2.24) is 0 Å². The summed E-state index contributed by atoms with van der Waals surface area (Å²) in [5.41, 5.74) is 1.20. The van der Waals surface area contributed by atoms with Gasteiger partial charge >= 0.3 is 5.91 Å². The number of amides is 1. The molecule has 2 rings (SSSR count). The first kappa shape index (κ1) is 8.32. The lowest BCUT2D eigenvalue weighted by molar-refractivity contribution is -0.111. The van der Waals surface area contributed by atoms with E-state index in [-0.39, 0.29) is 0 Å². The average molecular weight is 186 g/mol. The summed E-state index contributed by atoms with van der Waals surface area (Å²) < 4.78 is 5.17. The standard InChI is InChI=1S/C10H6N2O2/c11-5-10(13)12-8-6-14-9-4-2-1-3-7(8)9/h1-4,6H,(H,12,13). The Bertz CT molecular complexity index is 522. The minimum Gasteiger partial charge on any atom is -0.462 e. The van der Waals surface area contributed by atoms with E-state index in [2.05, 4.69) is 5.32 Å². The maximum Gasteiger partial charge on any atom is 0.326 e. The Labute approximate surface area is 79.7 Å². The third-order valence-corrected chi connectivity index (χ3v) is 1.83. The molecule has 4 heteroatoms. The lowest BCUT2D eigenvalue weighted by atomic mass is 10.2. The summed E-state index contributed by atoms with van der Waals surface area (Å²) in [7, 11) is 0. The number of nitriles is 1. The number of hydrogen-bond acceptors (Lipinski definition) is 3. The molecule has 0 saturated heterocycles. The largest absolute Gasteiger partial charge is 0.462 e.